The van der Waals surface area contributed by atoms with E-state index in [4.69, 9.17) is 16.3 Å². The molecule has 1 aliphatic rings. The summed E-state index contributed by atoms with van der Waals surface area (Å²) in [4.78, 5) is 42.8. The van der Waals surface area contributed by atoms with E-state index in [-0.39, 0.29) is 50.7 Å². The number of ether oxygens (including phenoxy) is 1. The van der Waals surface area contributed by atoms with Crippen LogP contribution in [0.1, 0.15) is 33.8 Å². The number of methoxy groups -OCH3 is 1. The number of alkyl halides is 3. The van der Waals surface area contributed by atoms with Gasteiger partial charge in [-0.3, -0.25) is 14.4 Å². The van der Waals surface area contributed by atoms with Gasteiger partial charge in [-0.25, -0.2) is 9.37 Å². The largest absolute Gasteiger partial charge is 0.492 e. The second-order valence-corrected chi connectivity index (χ2v) is 9.80. The normalized spacial score (nSPS) is 14.0. The van der Waals surface area contributed by atoms with Crippen LogP contribution in [0.5, 0.6) is 5.75 Å². The molecule has 0 unspecified atom stereocenters. The predicted molar refractivity (Wildman–Crippen MR) is 133 cm³/mol. The molecule has 8 nitrogen and oxygen atoms in total. The molecule has 0 spiro atoms. The number of thiazole rings is 1. The Kier molecular flexibility index (Phi) is 7.35. The van der Waals surface area contributed by atoms with Crippen molar-refractivity contribution in [3.8, 4) is 5.75 Å². The van der Waals surface area contributed by atoms with Crippen molar-refractivity contribution in [2.75, 3.05) is 23.1 Å². The molecule has 3 amide bonds. The molecule has 38 heavy (non-hydrogen) atoms. The monoisotopic (exact) mass is 570 g/mol. The lowest BCUT2D eigenvalue weighted by molar-refractivity contribution is -0.137. The minimum Gasteiger partial charge on any atom is -0.492 e. The van der Waals surface area contributed by atoms with Crippen molar-refractivity contribution in [3.63, 3.8) is 0 Å². The average Bonchev–Trinajstić information content (AvgIpc) is 3.58. The SMILES string of the molecule is COc1c(F)cccc1NC(=O)C1(C(=O)Nc2nc(C)c(C(=O)Nc3cc(C(F)(F)F)ccc3Cl)s2)CC1. The van der Waals surface area contributed by atoms with Crippen molar-refractivity contribution in [1.82, 2.24) is 4.98 Å². The van der Waals surface area contributed by atoms with Crippen LogP contribution in [0, 0.1) is 18.2 Å². The maximum absolute atomic E-state index is 13.9. The highest BCUT2D eigenvalue weighted by atomic mass is 35.5. The number of aryl methyl sites for hydroxylation is 1. The molecule has 3 aromatic rings. The van der Waals surface area contributed by atoms with Crippen molar-refractivity contribution >= 4 is 57.2 Å². The third-order valence-corrected chi connectivity index (χ3v) is 7.20. The zero-order valence-corrected chi connectivity index (χ0v) is 21.3. The van der Waals surface area contributed by atoms with E-state index in [2.05, 4.69) is 20.9 Å². The van der Waals surface area contributed by atoms with E-state index < -0.39 is 40.7 Å². The minimum absolute atomic E-state index is 0.00944. The van der Waals surface area contributed by atoms with Crippen molar-refractivity contribution in [2.45, 2.75) is 25.9 Å². The number of para-hydroxylation sites is 1. The minimum atomic E-state index is -4.63. The number of hydrogen-bond donors (Lipinski definition) is 3. The number of nitrogens with one attached hydrogen (secondary N) is 3. The first-order valence-electron chi connectivity index (χ1n) is 11.0. The van der Waals surface area contributed by atoms with Crippen molar-refractivity contribution < 1.29 is 36.7 Å². The van der Waals surface area contributed by atoms with Gasteiger partial charge in [-0.15, -0.1) is 0 Å². The van der Waals surface area contributed by atoms with Crippen LogP contribution in [0.15, 0.2) is 36.4 Å². The fourth-order valence-corrected chi connectivity index (χ4v) is 4.61. The number of halogens is 5. The van der Waals surface area contributed by atoms with E-state index >= 15 is 0 Å². The standard InChI is InChI=1S/C24H19ClF4N4O4S/c1-11-18(19(34)31-16-10-12(24(27,28)29)6-7-13(16)25)38-22(30-11)33-21(36)23(8-9-23)20(35)32-15-5-3-4-14(26)17(15)37-2/h3-7,10H,8-9H2,1-2H3,(H,31,34)(H,32,35)(H,30,33,36). The average molecular weight is 571 g/mol. The smallest absolute Gasteiger partial charge is 0.416 e. The Morgan fingerprint density at radius 1 is 1.05 bits per heavy atom. The lowest BCUT2D eigenvalue weighted by Crippen LogP contribution is -2.35. The molecule has 3 N–H and O–H groups in total. The van der Waals surface area contributed by atoms with Crippen molar-refractivity contribution in [3.05, 3.63) is 63.4 Å². The Hall–Kier alpha value is -3.71. The summed E-state index contributed by atoms with van der Waals surface area (Å²) in [6.07, 6.45) is -4.17. The molecular formula is C24H19ClF4N4O4S. The Morgan fingerprint density at radius 3 is 2.37 bits per heavy atom. The molecule has 1 heterocycles. The number of benzene rings is 2. The van der Waals surface area contributed by atoms with Gasteiger partial charge in [0.1, 0.15) is 10.3 Å². The van der Waals surface area contributed by atoms with Crippen molar-refractivity contribution in [2.24, 2.45) is 5.41 Å². The van der Waals surface area contributed by atoms with Crippen LogP contribution >= 0.6 is 22.9 Å². The lowest BCUT2D eigenvalue weighted by Gasteiger charge is -2.16. The highest BCUT2D eigenvalue weighted by Crippen LogP contribution is 2.48. The second-order valence-electron chi connectivity index (χ2n) is 8.39. The van der Waals surface area contributed by atoms with Gasteiger partial charge in [-0.05, 0) is 50.1 Å². The molecule has 1 aromatic heterocycles. The van der Waals surface area contributed by atoms with E-state index in [1.54, 1.807) is 0 Å². The lowest BCUT2D eigenvalue weighted by atomic mass is 10.1. The van der Waals surface area contributed by atoms with Crippen LogP contribution in [0.2, 0.25) is 5.02 Å². The molecule has 0 radical (unpaired) electrons. The molecule has 14 heteroatoms. The summed E-state index contributed by atoms with van der Waals surface area (Å²) in [5, 5.41) is 7.28. The number of amides is 3. The summed E-state index contributed by atoms with van der Waals surface area (Å²) in [7, 11) is 1.24. The van der Waals surface area contributed by atoms with E-state index in [0.717, 1.165) is 29.5 Å². The molecule has 2 aromatic carbocycles. The van der Waals surface area contributed by atoms with Gasteiger partial charge in [-0.1, -0.05) is 29.0 Å². The Bertz CT molecular complexity index is 1440. The van der Waals surface area contributed by atoms with Crippen LogP contribution in [0.25, 0.3) is 0 Å². The van der Waals surface area contributed by atoms with E-state index in [1.165, 1.54) is 26.2 Å². The third kappa shape index (κ3) is 5.43. The van der Waals surface area contributed by atoms with Gasteiger partial charge in [0.25, 0.3) is 5.91 Å². The predicted octanol–water partition coefficient (Wildman–Crippen LogP) is 5.88. The number of rotatable bonds is 7. The molecular weight excluding hydrogens is 552 g/mol. The van der Waals surface area contributed by atoms with Crippen LogP contribution in [-0.4, -0.2) is 29.8 Å². The Morgan fingerprint density at radius 2 is 1.74 bits per heavy atom. The van der Waals surface area contributed by atoms with Gasteiger partial charge >= 0.3 is 6.18 Å². The van der Waals surface area contributed by atoms with Crippen LogP contribution in [0.3, 0.4) is 0 Å². The van der Waals surface area contributed by atoms with Gasteiger partial charge in [0.2, 0.25) is 11.8 Å². The highest BCUT2D eigenvalue weighted by Gasteiger charge is 2.57. The molecule has 0 bridgehead atoms. The zero-order valence-electron chi connectivity index (χ0n) is 19.8. The quantitative estimate of drug-likeness (QED) is 0.243. The fourth-order valence-electron chi connectivity index (χ4n) is 3.59. The van der Waals surface area contributed by atoms with E-state index in [1.807, 2.05) is 0 Å². The van der Waals surface area contributed by atoms with Crippen LogP contribution in [-0.2, 0) is 15.8 Å². The Labute approximate surface area is 222 Å². The zero-order chi connectivity index (χ0) is 27.8. The van der Waals surface area contributed by atoms with Crippen LogP contribution < -0.4 is 20.7 Å². The first kappa shape index (κ1) is 27.3. The highest BCUT2D eigenvalue weighted by molar-refractivity contribution is 7.17. The van der Waals surface area contributed by atoms with Gasteiger partial charge in [0.15, 0.2) is 16.7 Å². The summed E-state index contributed by atoms with van der Waals surface area (Å²) in [5.74, 6) is -2.98. The first-order valence-corrected chi connectivity index (χ1v) is 12.2. The summed E-state index contributed by atoms with van der Waals surface area (Å²) in [5.41, 5.74) is -2.40. The summed E-state index contributed by atoms with van der Waals surface area (Å²) in [6.45, 7) is 1.48. The maximum Gasteiger partial charge on any atom is 0.416 e. The molecule has 1 saturated carbocycles. The fraction of sp³-hybridized carbons (Fsp3) is 0.250. The molecule has 1 fully saturated rings. The van der Waals surface area contributed by atoms with E-state index in [9.17, 15) is 31.9 Å². The first-order chi connectivity index (χ1) is 17.9. The number of aromatic nitrogens is 1. The van der Waals surface area contributed by atoms with Gasteiger partial charge < -0.3 is 20.7 Å². The third-order valence-electron chi connectivity index (χ3n) is 5.80. The summed E-state index contributed by atoms with van der Waals surface area (Å²) < 4.78 is 58.0. The van der Waals surface area contributed by atoms with Gasteiger partial charge in [0.05, 0.1) is 34.8 Å². The van der Waals surface area contributed by atoms with Crippen molar-refractivity contribution in [1.29, 1.82) is 0 Å². The molecule has 0 saturated heterocycles. The molecule has 200 valence electrons. The van der Waals surface area contributed by atoms with Gasteiger partial charge in [-0.2, -0.15) is 13.2 Å². The van der Waals surface area contributed by atoms with Crippen LogP contribution in [0.4, 0.5) is 34.1 Å². The van der Waals surface area contributed by atoms with E-state index in [0.29, 0.717) is 6.07 Å². The molecule has 0 atom stereocenters. The maximum atomic E-state index is 13.9. The number of anilines is 3. The molecule has 0 aliphatic heterocycles. The molecule has 1 aliphatic carbocycles. The molecule has 4 rings (SSSR count). The Balaban J connectivity index is 1.47. The summed E-state index contributed by atoms with van der Waals surface area (Å²) in [6, 6.07) is 6.49. The number of nitrogens with zero attached hydrogens (tertiary/aromatic N) is 1. The summed E-state index contributed by atoms with van der Waals surface area (Å²) >= 11 is 6.72. The van der Waals surface area contributed by atoms with Gasteiger partial charge in [0, 0.05) is 0 Å². The number of carbonyl (C=O) groups excluding carboxylic acids is 3. The number of carbonyl (C=O) groups is 3. The topological polar surface area (TPSA) is 109 Å². The second kappa shape index (κ2) is 10.2. The number of hydrogen-bond acceptors (Lipinski definition) is 6.